The summed E-state index contributed by atoms with van der Waals surface area (Å²) in [5.74, 6) is 0. The molecule has 0 saturated heterocycles. The number of non-ortho nitro benzene ring substituents is 1. The van der Waals surface area contributed by atoms with E-state index in [9.17, 15) is 10.1 Å². The zero-order valence-electron chi connectivity index (χ0n) is 12.5. The molecule has 0 N–H and O–H groups in total. The molecule has 0 heterocycles. The molecule has 0 saturated carbocycles. The number of rotatable bonds is 5. The predicted molar refractivity (Wildman–Crippen MR) is 91.8 cm³/mol. The van der Waals surface area contributed by atoms with Crippen molar-refractivity contribution in [3.05, 3.63) is 101 Å². The van der Waals surface area contributed by atoms with Gasteiger partial charge in [0.15, 0.2) is 0 Å². The molecule has 0 aliphatic heterocycles. The number of nitro groups is 1. The second-order valence-corrected chi connectivity index (χ2v) is 5.18. The molecule has 0 aliphatic carbocycles. The van der Waals surface area contributed by atoms with Crippen LogP contribution in [0.2, 0.25) is 0 Å². The maximum absolute atomic E-state index is 10.8. The van der Waals surface area contributed by atoms with Crippen molar-refractivity contribution in [1.82, 2.24) is 0 Å². The van der Waals surface area contributed by atoms with E-state index in [0.29, 0.717) is 6.54 Å². The fourth-order valence-electron chi connectivity index (χ4n) is 2.45. The van der Waals surface area contributed by atoms with E-state index in [2.05, 4.69) is 29.2 Å². The van der Waals surface area contributed by atoms with Gasteiger partial charge in [-0.3, -0.25) is 10.1 Å². The van der Waals surface area contributed by atoms with Gasteiger partial charge < -0.3 is 4.90 Å². The molecule has 3 aromatic carbocycles. The van der Waals surface area contributed by atoms with Crippen LogP contribution in [-0.2, 0) is 6.54 Å². The SMILES string of the molecule is O=[N+]([O-])c1ccc(CN(c2ccccc2)c2ccccc2)cc1. The maximum Gasteiger partial charge on any atom is 0.269 e. The lowest BCUT2D eigenvalue weighted by Gasteiger charge is -2.25. The molecule has 3 aromatic rings. The minimum Gasteiger partial charge on any atom is -0.337 e. The number of hydrogen-bond donors (Lipinski definition) is 0. The van der Waals surface area contributed by atoms with Gasteiger partial charge in [0, 0.05) is 30.1 Å². The van der Waals surface area contributed by atoms with E-state index in [1.54, 1.807) is 24.3 Å². The van der Waals surface area contributed by atoms with Crippen LogP contribution >= 0.6 is 0 Å². The molecular weight excluding hydrogens is 288 g/mol. The molecule has 0 aliphatic rings. The van der Waals surface area contributed by atoms with Crippen molar-refractivity contribution in [2.24, 2.45) is 0 Å². The third-order valence-electron chi connectivity index (χ3n) is 3.62. The van der Waals surface area contributed by atoms with Crippen molar-refractivity contribution >= 4 is 17.1 Å². The summed E-state index contributed by atoms with van der Waals surface area (Å²) >= 11 is 0. The molecule has 0 fully saturated rings. The summed E-state index contributed by atoms with van der Waals surface area (Å²) < 4.78 is 0. The Balaban J connectivity index is 1.92. The maximum atomic E-state index is 10.8. The Kier molecular flexibility index (Phi) is 4.34. The number of hydrogen-bond acceptors (Lipinski definition) is 3. The third kappa shape index (κ3) is 3.55. The number of anilines is 2. The van der Waals surface area contributed by atoms with Gasteiger partial charge in [0.2, 0.25) is 0 Å². The van der Waals surface area contributed by atoms with Crippen molar-refractivity contribution in [3.8, 4) is 0 Å². The Morgan fingerprint density at radius 2 is 1.22 bits per heavy atom. The highest BCUT2D eigenvalue weighted by Crippen LogP contribution is 2.27. The van der Waals surface area contributed by atoms with Crippen LogP contribution in [0.5, 0.6) is 0 Å². The average Bonchev–Trinajstić information content (AvgIpc) is 2.61. The summed E-state index contributed by atoms with van der Waals surface area (Å²) in [6.07, 6.45) is 0. The Labute approximate surface area is 134 Å². The summed E-state index contributed by atoms with van der Waals surface area (Å²) in [4.78, 5) is 12.6. The molecule has 4 heteroatoms. The number of para-hydroxylation sites is 2. The quantitative estimate of drug-likeness (QED) is 0.496. The molecule has 0 unspecified atom stereocenters. The van der Waals surface area contributed by atoms with E-state index < -0.39 is 0 Å². The molecule has 23 heavy (non-hydrogen) atoms. The van der Waals surface area contributed by atoms with Crippen molar-refractivity contribution in [3.63, 3.8) is 0 Å². The van der Waals surface area contributed by atoms with E-state index in [1.165, 1.54) is 0 Å². The zero-order chi connectivity index (χ0) is 16.1. The molecule has 0 atom stereocenters. The number of nitro benzene ring substituents is 1. The Bertz CT molecular complexity index is 732. The van der Waals surface area contributed by atoms with Gasteiger partial charge in [-0.1, -0.05) is 48.5 Å². The predicted octanol–water partition coefficient (Wildman–Crippen LogP) is 4.93. The van der Waals surface area contributed by atoms with Gasteiger partial charge in [-0.15, -0.1) is 0 Å². The Hall–Kier alpha value is -3.14. The molecular formula is C19H16N2O2. The molecule has 0 radical (unpaired) electrons. The van der Waals surface area contributed by atoms with Gasteiger partial charge in [-0.05, 0) is 29.8 Å². The van der Waals surface area contributed by atoms with E-state index in [0.717, 1.165) is 16.9 Å². The molecule has 114 valence electrons. The van der Waals surface area contributed by atoms with Crippen LogP contribution in [0.3, 0.4) is 0 Å². The van der Waals surface area contributed by atoms with E-state index in [4.69, 9.17) is 0 Å². The summed E-state index contributed by atoms with van der Waals surface area (Å²) in [6.45, 7) is 0.645. The van der Waals surface area contributed by atoms with Gasteiger partial charge in [0.1, 0.15) is 0 Å². The van der Waals surface area contributed by atoms with E-state index in [-0.39, 0.29) is 10.6 Å². The van der Waals surface area contributed by atoms with Crippen LogP contribution in [0, 0.1) is 10.1 Å². The van der Waals surface area contributed by atoms with Crippen molar-refractivity contribution in [2.75, 3.05) is 4.90 Å². The average molecular weight is 304 g/mol. The first kappa shape index (κ1) is 14.8. The first-order chi connectivity index (χ1) is 11.2. The Morgan fingerprint density at radius 3 is 1.65 bits per heavy atom. The third-order valence-corrected chi connectivity index (χ3v) is 3.62. The second-order valence-electron chi connectivity index (χ2n) is 5.18. The fraction of sp³-hybridized carbons (Fsp3) is 0.0526. The first-order valence-corrected chi connectivity index (χ1v) is 7.35. The van der Waals surface area contributed by atoms with Crippen LogP contribution in [0.1, 0.15) is 5.56 Å². The van der Waals surface area contributed by atoms with Gasteiger partial charge in [0.25, 0.3) is 5.69 Å². The summed E-state index contributed by atoms with van der Waals surface area (Å²) in [6, 6.07) is 26.9. The lowest BCUT2D eigenvalue weighted by Crippen LogP contribution is -2.16. The van der Waals surface area contributed by atoms with E-state index >= 15 is 0 Å². The topological polar surface area (TPSA) is 46.4 Å². The summed E-state index contributed by atoms with van der Waals surface area (Å²) in [7, 11) is 0. The van der Waals surface area contributed by atoms with Crippen LogP contribution in [-0.4, -0.2) is 4.92 Å². The number of nitrogens with zero attached hydrogens (tertiary/aromatic N) is 2. The fourth-order valence-corrected chi connectivity index (χ4v) is 2.45. The van der Waals surface area contributed by atoms with Gasteiger partial charge in [-0.25, -0.2) is 0 Å². The zero-order valence-corrected chi connectivity index (χ0v) is 12.5. The van der Waals surface area contributed by atoms with Crippen molar-refractivity contribution < 1.29 is 4.92 Å². The highest BCUT2D eigenvalue weighted by Gasteiger charge is 2.11. The van der Waals surface area contributed by atoms with Crippen LogP contribution in [0.25, 0.3) is 0 Å². The Morgan fingerprint density at radius 1 is 0.739 bits per heavy atom. The highest BCUT2D eigenvalue weighted by atomic mass is 16.6. The molecule has 0 amide bonds. The summed E-state index contributed by atoms with van der Waals surface area (Å²) in [5, 5.41) is 10.8. The van der Waals surface area contributed by atoms with Crippen molar-refractivity contribution in [1.29, 1.82) is 0 Å². The lowest BCUT2D eigenvalue weighted by molar-refractivity contribution is -0.384. The summed E-state index contributed by atoms with van der Waals surface area (Å²) in [5.41, 5.74) is 3.29. The van der Waals surface area contributed by atoms with Crippen LogP contribution in [0.4, 0.5) is 17.1 Å². The van der Waals surface area contributed by atoms with Gasteiger partial charge in [-0.2, -0.15) is 0 Å². The van der Waals surface area contributed by atoms with Gasteiger partial charge >= 0.3 is 0 Å². The number of benzene rings is 3. The second kappa shape index (κ2) is 6.75. The first-order valence-electron chi connectivity index (χ1n) is 7.35. The molecule has 0 spiro atoms. The molecule has 0 bridgehead atoms. The van der Waals surface area contributed by atoms with Crippen molar-refractivity contribution in [2.45, 2.75) is 6.54 Å². The van der Waals surface area contributed by atoms with E-state index in [1.807, 2.05) is 36.4 Å². The standard InChI is InChI=1S/C19H16N2O2/c22-21(23)19-13-11-16(12-14-19)15-20(17-7-3-1-4-8-17)18-9-5-2-6-10-18/h1-14H,15H2. The van der Waals surface area contributed by atoms with Crippen LogP contribution in [0.15, 0.2) is 84.9 Å². The monoisotopic (exact) mass is 304 g/mol. The molecule has 4 nitrogen and oxygen atoms in total. The minimum absolute atomic E-state index is 0.111. The van der Waals surface area contributed by atoms with Gasteiger partial charge in [0.05, 0.1) is 4.92 Å². The smallest absolute Gasteiger partial charge is 0.269 e. The minimum atomic E-state index is -0.379. The highest BCUT2D eigenvalue weighted by molar-refractivity contribution is 5.63. The normalized spacial score (nSPS) is 10.3. The lowest BCUT2D eigenvalue weighted by atomic mass is 10.1. The molecule has 3 rings (SSSR count). The van der Waals surface area contributed by atoms with Crippen LogP contribution < -0.4 is 4.90 Å². The largest absolute Gasteiger partial charge is 0.337 e. The molecule has 0 aromatic heterocycles.